The highest BCUT2D eigenvalue weighted by Gasteiger charge is 2.20. The van der Waals surface area contributed by atoms with Crippen LogP contribution in [0.3, 0.4) is 0 Å². The van der Waals surface area contributed by atoms with Gasteiger partial charge in [-0.25, -0.2) is 4.79 Å². The highest BCUT2D eigenvalue weighted by Crippen LogP contribution is 2.25. The quantitative estimate of drug-likeness (QED) is 0.215. The van der Waals surface area contributed by atoms with Crippen molar-refractivity contribution in [1.82, 2.24) is 19.7 Å². The summed E-state index contributed by atoms with van der Waals surface area (Å²) in [4.78, 5) is 27.4. The number of amides is 1. The van der Waals surface area contributed by atoms with E-state index in [-0.39, 0.29) is 22.2 Å². The molecule has 2 aromatic carbocycles. The highest BCUT2D eigenvalue weighted by atomic mass is 35.5. The number of nitrogens with one attached hydrogen (secondary N) is 1. The highest BCUT2D eigenvalue weighted by molar-refractivity contribution is 7.99. The summed E-state index contributed by atoms with van der Waals surface area (Å²) in [6, 6.07) is 14.6. The Kier molecular flexibility index (Phi) is 9.95. The van der Waals surface area contributed by atoms with E-state index in [4.69, 9.17) is 21.1 Å². The molecule has 1 aliphatic rings. The molecule has 1 fully saturated rings. The second-order valence-corrected chi connectivity index (χ2v) is 9.83. The first kappa shape index (κ1) is 27.1. The summed E-state index contributed by atoms with van der Waals surface area (Å²) >= 11 is 7.48. The molecule has 196 valence electrons. The Hall–Kier alpha value is -2.92. The Bertz CT molecular complexity index is 1200. The van der Waals surface area contributed by atoms with Crippen LogP contribution < -0.4 is 5.32 Å². The molecule has 0 spiro atoms. The molecule has 1 N–H and O–H groups in total. The van der Waals surface area contributed by atoms with Crippen molar-refractivity contribution in [2.24, 2.45) is 0 Å². The van der Waals surface area contributed by atoms with E-state index in [2.05, 4.69) is 20.4 Å². The van der Waals surface area contributed by atoms with Gasteiger partial charge >= 0.3 is 5.97 Å². The van der Waals surface area contributed by atoms with Crippen LogP contribution in [0, 0.1) is 0 Å². The van der Waals surface area contributed by atoms with Crippen molar-refractivity contribution in [3.8, 4) is 5.69 Å². The molecule has 0 saturated carbocycles. The lowest BCUT2D eigenvalue weighted by atomic mass is 10.2. The molecule has 1 amide bonds. The molecule has 1 aromatic heterocycles. The van der Waals surface area contributed by atoms with E-state index < -0.39 is 5.97 Å². The van der Waals surface area contributed by atoms with Crippen LogP contribution in [-0.2, 0) is 20.8 Å². The van der Waals surface area contributed by atoms with Crippen LogP contribution >= 0.6 is 23.4 Å². The van der Waals surface area contributed by atoms with Crippen molar-refractivity contribution >= 4 is 40.9 Å². The first-order valence-electron chi connectivity index (χ1n) is 12.2. The average molecular weight is 544 g/mol. The number of hydrogen-bond acceptors (Lipinski definition) is 8. The Morgan fingerprint density at radius 1 is 1.14 bits per heavy atom. The topological polar surface area (TPSA) is 98.6 Å². The van der Waals surface area contributed by atoms with Gasteiger partial charge in [-0.2, -0.15) is 0 Å². The smallest absolute Gasteiger partial charge is 0.339 e. The molecule has 9 nitrogen and oxygen atoms in total. The summed E-state index contributed by atoms with van der Waals surface area (Å²) in [6.45, 7) is 6.05. The van der Waals surface area contributed by atoms with Gasteiger partial charge in [-0.3, -0.25) is 14.3 Å². The van der Waals surface area contributed by atoms with Gasteiger partial charge in [0.2, 0.25) is 5.91 Å². The van der Waals surface area contributed by atoms with Gasteiger partial charge in [-0.1, -0.05) is 54.9 Å². The average Bonchev–Trinajstić information content (AvgIpc) is 3.32. The lowest BCUT2D eigenvalue weighted by Gasteiger charge is -2.26. The molecule has 11 heteroatoms. The first-order valence-corrected chi connectivity index (χ1v) is 13.6. The van der Waals surface area contributed by atoms with Crippen molar-refractivity contribution in [2.75, 3.05) is 44.0 Å². The fourth-order valence-corrected chi connectivity index (χ4v) is 4.73. The van der Waals surface area contributed by atoms with Gasteiger partial charge in [-0.05, 0) is 36.8 Å². The zero-order chi connectivity index (χ0) is 26.0. The maximum absolute atomic E-state index is 12.8. The Labute approximate surface area is 225 Å². The zero-order valence-corrected chi connectivity index (χ0v) is 22.3. The number of para-hydroxylation sites is 1. The number of thioether (sulfide) groups is 1. The summed E-state index contributed by atoms with van der Waals surface area (Å²) in [5.74, 6) is 0.170. The summed E-state index contributed by atoms with van der Waals surface area (Å²) in [5, 5.41) is 12.5. The number of morpholine rings is 1. The van der Waals surface area contributed by atoms with Gasteiger partial charge in [0.05, 0.1) is 42.7 Å². The van der Waals surface area contributed by atoms with Crippen LogP contribution in [-0.4, -0.2) is 70.2 Å². The molecule has 1 aliphatic heterocycles. The molecule has 0 aliphatic carbocycles. The number of unbranched alkanes of at least 4 members (excludes halogenated alkanes) is 1. The number of carbonyl (C=O) groups excluding carboxylic acids is 2. The van der Waals surface area contributed by atoms with Crippen LogP contribution in [0.4, 0.5) is 5.69 Å². The third kappa shape index (κ3) is 7.54. The molecular formula is C26H30ClN5O4S. The third-order valence-corrected chi connectivity index (χ3v) is 6.98. The van der Waals surface area contributed by atoms with Crippen molar-refractivity contribution < 1.29 is 19.1 Å². The van der Waals surface area contributed by atoms with Gasteiger partial charge in [0, 0.05) is 24.5 Å². The van der Waals surface area contributed by atoms with Crippen LogP contribution in [0.2, 0.25) is 5.02 Å². The van der Waals surface area contributed by atoms with Gasteiger partial charge in [0.15, 0.2) is 11.0 Å². The number of anilines is 1. The second-order valence-electron chi connectivity index (χ2n) is 8.48. The number of aromatic nitrogens is 3. The number of halogens is 1. The number of hydrogen-bond donors (Lipinski definition) is 1. The minimum Gasteiger partial charge on any atom is -0.462 e. The maximum atomic E-state index is 12.8. The predicted octanol–water partition coefficient (Wildman–Crippen LogP) is 4.44. The molecule has 1 saturated heterocycles. The van der Waals surface area contributed by atoms with E-state index in [0.717, 1.165) is 37.4 Å². The van der Waals surface area contributed by atoms with Gasteiger partial charge in [-0.15, -0.1) is 10.2 Å². The fraction of sp³-hybridized carbons (Fsp3) is 0.385. The largest absolute Gasteiger partial charge is 0.462 e. The molecular weight excluding hydrogens is 514 g/mol. The number of nitrogens with zero attached hydrogens (tertiary/aromatic N) is 4. The minimum absolute atomic E-state index is 0.113. The molecule has 37 heavy (non-hydrogen) atoms. The summed E-state index contributed by atoms with van der Waals surface area (Å²) in [5.41, 5.74) is 1.62. The summed E-state index contributed by atoms with van der Waals surface area (Å²) < 4.78 is 12.7. The number of rotatable bonds is 11. The molecule has 0 radical (unpaired) electrons. The van der Waals surface area contributed by atoms with Crippen LogP contribution in [0.25, 0.3) is 5.69 Å². The summed E-state index contributed by atoms with van der Waals surface area (Å²) in [7, 11) is 0. The maximum Gasteiger partial charge on any atom is 0.339 e. The van der Waals surface area contributed by atoms with Crippen molar-refractivity contribution in [3.63, 3.8) is 0 Å². The number of carbonyl (C=O) groups is 2. The van der Waals surface area contributed by atoms with E-state index in [1.807, 2.05) is 41.8 Å². The molecule has 0 unspecified atom stereocenters. The Balaban J connectivity index is 1.42. The normalized spacial score (nSPS) is 13.9. The van der Waals surface area contributed by atoms with Gasteiger partial charge in [0.1, 0.15) is 0 Å². The molecule has 3 aromatic rings. The van der Waals surface area contributed by atoms with Crippen molar-refractivity contribution in [2.45, 2.75) is 31.5 Å². The van der Waals surface area contributed by atoms with Crippen molar-refractivity contribution in [3.05, 3.63) is 64.9 Å². The van der Waals surface area contributed by atoms with Gasteiger partial charge < -0.3 is 14.8 Å². The lowest BCUT2D eigenvalue weighted by molar-refractivity contribution is -0.113. The summed E-state index contributed by atoms with van der Waals surface area (Å²) in [6.07, 6.45) is 1.69. The lowest BCUT2D eigenvalue weighted by Crippen LogP contribution is -2.36. The Morgan fingerprint density at radius 2 is 1.92 bits per heavy atom. The monoisotopic (exact) mass is 543 g/mol. The molecule has 4 rings (SSSR count). The van der Waals surface area contributed by atoms with Crippen LogP contribution in [0.1, 0.15) is 35.9 Å². The number of ether oxygens (including phenoxy) is 2. The molecule has 0 atom stereocenters. The first-order chi connectivity index (χ1) is 18.0. The van der Waals surface area contributed by atoms with Crippen molar-refractivity contribution in [1.29, 1.82) is 0 Å². The van der Waals surface area contributed by atoms with Gasteiger partial charge in [0.25, 0.3) is 0 Å². The minimum atomic E-state index is -0.507. The fourth-order valence-electron chi connectivity index (χ4n) is 3.77. The van der Waals surface area contributed by atoms with E-state index in [9.17, 15) is 9.59 Å². The number of esters is 1. The van der Waals surface area contributed by atoms with E-state index in [1.165, 1.54) is 17.8 Å². The van der Waals surface area contributed by atoms with E-state index in [0.29, 0.717) is 37.2 Å². The van der Waals surface area contributed by atoms with E-state index >= 15 is 0 Å². The van der Waals surface area contributed by atoms with Crippen LogP contribution in [0.5, 0.6) is 0 Å². The number of benzene rings is 2. The zero-order valence-electron chi connectivity index (χ0n) is 20.7. The SMILES string of the molecule is CCCCOC(=O)c1cc(NC(=O)CSc2nnc(CN3CCOCC3)n2-c2ccccc2)ccc1Cl. The second kappa shape index (κ2) is 13.6. The van der Waals surface area contributed by atoms with Crippen LogP contribution in [0.15, 0.2) is 53.7 Å². The Morgan fingerprint density at radius 3 is 2.68 bits per heavy atom. The third-order valence-electron chi connectivity index (χ3n) is 5.72. The standard InChI is InChI=1S/C26H30ClN5O4S/c1-2-3-13-36-25(34)21-16-19(9-10-22(21)27)28-24(33)18-37-26-30-29-23(17-31-11-14-35-15-12-31)32(26)20-7-5-4-6-8-20/h4-10,16H,2-3,11-15,17-18H2,1H3,(H,28,33). The molecule has 2 heterocycles. The predicted molar refractivity (Wildman–Crippen MR) is 143 cm³/mol. The molecule has 0 bridgehead atoms. The van der Waals surface area contributed by atoms with E-state index in [1.54, 1.807) is 12.1 Å².